The molecule has 0 bridgehead atoms. The molecular formula is C20H19NO3S. The molecule has 0 radical (unpaired) electrons. The first-order valence-corrected chi connectivity index (χ1v) is 8.75. The second kappa shape index (κ2) is 7.85. The highest BCUT2D eigenvalue weighted by molar-refractivity contribution is 7.12. The quantitative estimate of drug-likeness (QED) is 0.686. The molecule has 5 heteroatoms. The summed E-state index contributed by atoms with van der Waals surface area (Å²) in [6, 6.07) is 17.1. The van der Waals surface area contributed by atoms with Gasteiger partial charge in [0.2, 0.25) is 0 Å². The van der Waals surface area contributed by atoms with Crippen LogP contribution in [0.25, 0.3) is 0 Å². The van der Waals surface area contributed by atoms with Gasteiger partial charge in [-0.15, -0.1) is 11.3 Å². The number of thiophene rings is 1. The standard InChI is InChI=1S/C20H19NO3S/c1-14-7-9-16(10-8-14)21-20(22)19-11-15(13-25-19)12-24-18-6-4-3-5-17(18)23-2/h3-11,13H,12H2,1-2H3,(H,21,22). The normalized spacial score (nSPS) is 10.3. The summed E-state index contributed by atoms with van der Waals surface area (Å²) in [5.41, 5.74) is 2.89. The van der Waals surface area contributed by atoms with Crippen molar-refractivity contribution in [1.29, 1.82) is 0 Å². The molecule has 0 aliphatic carbocycles. The maximum atomic E-state index is 12.3. The Morgan fingerprint density at radius 1 is 1.08 bits per heavy atom. The van der Waals surface area contributed by atoms with E-state index in [1.54, 1.807) is 7.11 Å². The van der Waals surface area contributed by atoms with Crippen molar-refractivity contribution in [3.63, 3.8) is 0 Å². The van der Waals surface area contributed by atoms with Crippen molar-refractivity contribution < 1.29 is 14.3 Å². The van der Waals surface area contributed by atoms with Gasteiger partial charge in [-0.25, -0.2) is 0 Å². The molecule has 0 aliphatic heterocycles. The molecule has 3 aromatic rings. The van der Waals surface area contributed by atoms with Crippen LogP contribution in [0.5, 0.6) is 11.5 Å². The minimum atomic E-state index is -0.114. The first-order chi connectivity index (χ1) is 12.2. The van der Waals surface area contributed by atoms with E-state index in [1.165, 1.54) is 11.3 Å². The van der Waals surface area contributed by atoms with E-state index < -0.39 is 0 Å². The number of benzene rings is 2. The fourth-order valence-corrected chi connectivity index (χ4v) is 3.09. The van der Waals surface area contributed by atoms with E-state index in [4.69, 9.17) is 9.47 Å². The molecule has 0 atom stereocenters. The summed E-state index contributed by atoms with van der Waals surface area (Å²) >= 11 is 1.40. The topological polar surface area (TPSA) is 47.6 Å². The predicted octanol–water partition coefficient (Wildman–Crippen LogP) is 4.90. The molecule has 4 nitrogen and oxygen atoms in total. The molecule has 0 spiro atoms. The number of nitrogens with one attached hydrogen (secondary N) is 1. The molecule has 128 valence electrons. The van der Waals surface area contributed by atoms with E-state index >= 15 is 0 Å². The average Bonchev–Trinajstić information content (AvgIpc) is 3.11. The van der Waals surface area contributed by atoms with E-state index in [2.05, 4.69) is 5.32 Å². The van der Waals surface area contributed by atoms with Crippen LogP contribution < -0.4 is 14.8 Å². The minimum Gasteiger partial charge on any atom is -0.493 e. The van der Waals surface area contributed by atoms with Gasteiger partial charge in [0.15, 0.2) is 11.5 Å². The number of rotatable bonds is 6. The van der Waals surface area contributed by atoms with Crippen LogP contribution in [0.1, 0.15) is 20.8 Å². The maximum absolute atomic E-state index is 12.3. The SMILES string of the molecule is COc1ccccc1OCc1csc(C(=O)Nc2ccc(C)cc2)c1. The highest BCUT2D eigenvalue weighted by Gasteiger charge is 2.11. The van der Waals surface area contributed by atoms with Crippen LogP contribution in [0.3, 0.4) is 0 Å². The zero-order chi connectivity index (χ0) is 17.6. The molecule has 1 heterocycles. The largest absolute Gasteiger partial charge is 0.493 e. The fraction of sp³-hybridized carbons (Fsp3) is 0.150. The van der Waals surface area contributed by atoms with Gasteiger partial charge in [0.1, 0.15) is 6.61 Å². The number of hydrogen-bond acceptors (Lipinski definition) is 4. The number of methoxy groups -OCH3 is 1. The van der Waals surface area contributed by atoms with E-state index in [0.29, 0.717) is 23.0 Å². The first-order valence-electron chi connectivity index (χ1n) is 7.87. The number of carbonyl (C=O) groups is 1. The summed E-state index contributed by atoms with van der Waals surface area (Å²) in [4.78, 5) is 13.0. The third-order valence-corrected chi connectivity index (χ3v) is 4.63. The molecule has 1 aromatic heterocycles. The van der Waals surface area contributed by atoms with Gasteiger partial charge in [0.25, 0.3) is 5.91 Å². The van der Waals surface area contributed by atoms with Crippen LogP contribution in [0.15, 0.2) is 60.0 Å². The van der Waals surface area contributed by atoms with E-state index in [9.17, 15) is 4.79 Å². The summed E-state index contributed by atoms with van der Waals surface area (Å²) in [7, 11) is 1.61. The van der Waals surface area contributed by atoms with Crippen molar-refractivity contribution in [2.24, 2.45) is 0 Å². The third-order valence-electron chi connectivity index (χ3n) is 3.65. The minimum absolute atomic E-state index is 0.114. The van der Waals surface area contributed by atoms with Crippen LogP contribution in [-0.2, 0) is 6.61 Å². The smallest absolute Gasteiger partial charge is 0.265 e. The van der Waals surface area contributed by atoms with E-state index in [-0.39, 0.29) is 5.91 Å². The molecule has 1 N–H and O–H groups in total. The van der Waals surface area contributed by atoms with Crippen molar-refractivity contribution in [2.45, 2.75) is 13.5 Å². The van der Waals surface area contributed by atoms with Gasteiger partial charge >= 0.3 is 0 Å². The Balaban J connectivity index is 1.61. The van der Waals surface area contributed by atoms with Gasteiger partial charge in [-0.3, -0.25) is 4.79 Å². The molecule has 0 unspecified atom stereocenters. The van der Waals surface area contributed by atoms with Gasteiger partial charge in [-0.2, -0.15) is 0 Å². The van der Waals surface area contributed by atoms with Gasteiger partial charge in [0, 0.05) is 11.3 Å². The van der Waals surface area contributed by atoms with Gasteiger partial charge in [-0.1, -0.05) is 29.8 Å². The van der Waals surface area contributed by atoms with Gasteiger partial charge in [0.05, 0.1) is 12.0 Å². The molecule has 0 saturated carbocycles. The molecular weight excluding hydrogens is 334 g/mol. The number of ether oxygens (including phenoxy) is 2. The molecule has 25 heavy (non-hydrogen) atoms. The van der Waals surface area contributed by atoms with Crippen LogP contribution >= 0.6 is 11.3 Å². The van der Waals surface area contributed by atoms with Crippen LogP contribution in [0.4, 0.5) is 5.69 Å². The number of hydrogen-bond donors (Lipinski definition) is 1. The molecule has 3 rings (SSSR count). The fourth-order valence-electron chi connectivity index (χ4n) is 2.30. The first kappa shape index (κ1) is 17.0. The third kappa shape index (κ3) is 4.39. The number of aryl methyl sites for hydroxylation is 1. The average molecular weight is 353 g/mol. The van der Waals surface area contributed by atoms with Crippen molar-refractivity contribution >= 4 is 22.9 Å². The number of amides is 1. The lowest BCUT2D eigenvalue weighted by Gasteiger charge is -2.09. The lowest BCUT2D eigenvalue weighted by Crippen LogP contribution is -2.10. The zero-order valence-electron chi connectivity index (χ0n) is 14.1. The summed E-state index contributed by atoms with van der Waals surface area (Å²) in [6.07, 6.45) is 0. The molecule has 0 fully saturated rings. The summed E-state index contributed by atoms with van der Waals surface area (Å²) in [6.45, 7) is 2.40. The van der Waals surface area contributed by atoms with Crippen molar-refractivity contribution in [3.05, 3.63) is 76.0 Å². The Morgan fingerprint density at radius 2 is 1.80 bits per heavy atom. The second-order valence-electron chi connectivity index (χ2n) is 5.58. The zero-order valence-corrected chi connectivity index (χ0v) is 14.9. The monoisotopic (exact) mass is 353 g/mol. The summed E-state index contributed by atoms with van der Waals surface area (Å²) < 4.78 is 11.1. The van der Waals surface area contributed by atoms with E-state index in [0.717, 1.165) is 16.8 Å². The Labute approximate surface area is 151 Å². The Kier molecular flexibility index (Phi) is 5.36. The molecule has 1 amide bonds. The van der Waals surface area contributed by atoms with Gasteiger partial charge < -0.3 is 14.8 Å². The maximum Gasteiger partial charge on any atom is 0.265 e. The number of anilines is 1. The number of carbonyl (C=O) groups excluding carboxylic acids is 1. The highest BCUT2D eigenvalue weighted by Crippen LogP contribution is 2.27. The van der Waals surface area contributed by atoms with E-state index in [1.807, 2.05) is 66.9 Å². The van der Waals surface area contributed by atoms with Crippen molar-refractivity contribution in [2.75, 3.05) is 12.4 Å². The summed E-state index contributed by atoms with van der Waals surface area (Å²) in [5.74, 6) is 1.26. The van der Waals surface area contributed by atoms with Crippen LogP contribution in [-0.4, -0.2) is 13.0 Å². The van der Waals surface area contributed by atoms with Crippen LogP contribution in [0, 0.1) is 6.92 Å². The molecule has 2 aromatic carbocycles. The van der Waals surface area contributed by atoms with Crippen LogP contribution in [0.2, 0.25) is 0 Å². The Bertz CT molecular complexity index is 855. The Morgan fingerprint density at radius 3 is 2.52 bits per heavy atom. The van der Waals surface area contributed by atoms with Crippen molar-refractivity contribution in [1.82, 2.24) is 0 Å². The predicted molar refractivity (Wildman–Crippen MR) is 101 cm³/mol. The lowest BCUT2D eigenvalue weighted by molar-refractivity contribution is 0.103. The Hall–Kier alpha value is -2.79. The van der Waals surface area contributed by atoms with Crippen molar-refractivity contribution in [3.8, 4) is 11.5 Å². The molecule has 0 aliphatic rings. The number of para-hydroxylation sites is 2. The highest BCUT2D eigenvalue weighted by atomic mass is 32.1. The van der Waals surface area contributed by atoms with Gasteiger partial charge in [-0.05, 0) is 42.6 Å². The molecule has 0 saturated heterocycles. The summed E-state index contributed by atoms with van der Waals surface area (Å²) in [5, 5.41) is 4.83. The lowest BCUT2D eigenvalue weighted by atomic mass is 10.2. The second-order valence-corrected chi connectivity index (χ2v) is 6.49.